The number of likely N-dealkylation sites (tertiary alicyclic amines) is 1. The van der Waals surface area contributed by atoms with Gasteiger partial charge >= 0.3 is 6.18 Å². The van der Waals surface area contributed by atoms with Gasteiger partial charge in [-0.15, -0.1) is 0 Å². The van der Waals surface area contributed by atoms with Gasteiger partial charge in [-0.25, -0.2) is 8.78 Å². The molecule has 0 bridgehead atoms. The van der Waals surface area contributed by atoms with Gasteiger partial charge in [0, 0.05) is 35.8 Å². The highest BCUT2D eigenvalue weighted by Crippen LogP contribution is 2.55. The lowest BCUT2D eigenvalue weighted by molar-refractivity contribution is -0.272. The van der Waals surface area contributed by atoms with Crippen molar-refractivity contribution in [2.75, 3.05) is 39.6 Å². The van der Waals surface area contributed by atoms with Crippen molar-refractivity contribution < 1.29 is 45.4 Å². The highest BCUT2D eigenvalue weighted by Gasteiger charge is 2.66. The Kier molecular flexibility index (Phi) is 8.29. The third-order valence-corrected chi connectivity index (χ3v) is 7.99. The Bertz CT molecular complexity index is 1330. The summed E-state index contributed by atoms with van der Waals surface area (Å²) in [5.74, 6) is -7.78. The molecule has 0 saturated carbocycles. The molecule has 2 aliphatic heterocycles. The zero-order chi connectivity index (χ0) is 30.4. The number of halogens is 6. The van der Waals surface area contributed by atoms with Crippen LogP contribution in [0.4, 0.5) is 32.0 Å². The van der Waals surface area contributed by atoms with E-state index < -0.39 is 71.1 Å². The largest absolute Gasteiger partial charge is 0.493 e. The van der Waals surface area contributed by atoms with Crippen molar-refractivity contribution in [1.82, 2.24) is 14.8 Å². The van der Waals surface area contributed by atoms with Crippen LogP contribution >= 0.6 is 0 Å². The third kappa shape index (κ3) is 5.46. The molecule has 0 spiro atoms. The van der Waals surface area contributed by atoms with Crippen molar-refractivity contribution in [2.45, 2.75) is 49.9 Å². The Morgan fingerprint density at radius 1 is 1.20 bits per heavy atom. The summed E-state index contributed by atoms with van der Waals surface area (Å²) in [4.78, 5) is 33.4. The van der Waals surface area contributed by atoms with Gasteiger partial charge in [0.25, 0.3) is 11.8 Å². The summed E-state index contributed by atoms with van der Waals surface area (Å²) >= 11 is 0. The summed E-state index contributed by atoms with van der Waals surface area (Å²) in [6.07, 6.45) is -6.79. The van der Waals surface area contributed by atoms with Gasteiger partial charge in [0.2, 0.25) is 5.82 Å². The van der Waals surface area contributed by atoms with Gasteiger partial charge in [0.1, 0.15) is 18.0 Å². The smallest absolute Gasteiger partial charge is 0.417 e. The van der Waals surface area contributed by atoms with Crippen LogP contribution in [0.1, 0.15) is 35.8 Å². The number of anilines is 1. The van der Waals surface area contributed by atoms with Crippen LogP contribution in [0, 0.1) is 17.6 Å². The Morgan fingerprint density at radius 2 is 1.88 bits per heavy atom. The van der Waals surface area contributed by atoms with E-state index >= 15 is 0 Å². The van der Waals surface area contributed by atoms with E-state index in [1.807, 2.05) is 0 Å². The lowest BCUT2D eigenvalue weighted by Gasteiger charge is -2.32. The molecule has 0 aliphatic carbocycles. The topological polar surface area (TPSA) is 84.0 Å². The lowest BCUT2D eigenvalue weighted by Crippen LogP contribution is -2.47. The van der Waals surface area contributed by atoms with Crippen LogP contribution in [0.5, 0.6) is 5.75 Å². The molecule has 1 aromatic carbocycles. The second-order valence-corrected chi connectivity index (χ2v) is 10.6. The number of amides is 2. The van der Waals surface area contributed by atoms with Crippen LogP contribution in [-0.2, 0) is 9.53 Å². The van der Waals surface area contributed by atoms with Crippen LogP contribution in [0.2, 0.25) is 0 Å². The van der Waals surface area contributed by atoms with Gasteiger partial charge in [-0.1, -0.05) is 13.0 Å². The van der Waals surface area contributed by atoms with Crippen molar-refractivity contribution >= 4 is 17.5 Å². The maximum absolute atomic E-state index is 14.6. The lowest BCUT2D eigenvalue weighted by atomic mass is 9.77. The van der Waals surface area contributed by atoms with E-state index in [2.05, 4.69) is 10.3 Å². The van der Waals surface area contributed by atoms with E-state index in [1.54, 1.807) is 19.0 Å². The maximum atomic E-state index is 14.6. The van der Waals surface area contributed by atoms with Crippen LogP contribution < -0.4 is 10.1 Å². The first-order valence-electron chi connectivity index (χ1n) is 12.7. The molecule has 14 heteroatoms. The number of hydrogen-bond donors (Lipinski definition) is 1. The number of methoxy groups -OCH3 is 1. The fourth-order valence-corrected chi connectivity index (χ4v) is 5.44. The minimum absolute atomic E-state index is 0.0152. The number of pyridine rings is 1. The van der Waals surface area contributed by atoms with Crippen molar-refractivity contribution in [2.24, 2.45) is 5.92 Å². The molecule has 2 aromatic rings. The zero-order valence-corrected chi connectivity index (χ0v) is 22.9. The summed E-state index contributed by atoms with van der Waals surface area (Å²) in [6, 6.07) is 3.82. The predicted molar refractivity (Wildman–Crippen MR) is 135 cm³/mol. The van der Waals surface area contributed by atoms with E-state index in [9.17, 15) is 35.9 Å². The molecule has 1 aromatic heterocycles. The van der Waals surface area contributed by atoms with Crippen LogP contribution in [0.25, 0.3) is 0 Å². The Hall–Kier alpha value is -3.39. The highest BCUT2D eigenvalue weighted by molar-refractivity contribution is 5.98. The number of hydrogen-bond acceptors (Lipinski definition) is 6. The Morgan fingerprint density at radius 3 is 2.46 bits per heavy atom. The maximum Gasteiger partial charge on any atom is 0.417 e. The second-order valence-electron chi connectivity index (χ2n) is 10.6. The zero-order valence-electron chi connectivity index (χ0n) is 22.9. The number of aromatic nitrogens is 1. The van der Waals surface area contributed by atoms with Gasteiger partial charge < -0.3 is 24.6 Å². The van der Waals surface area contributed by atoms with Gasteiger partial charge in [-0.05, 0) is 39.2 Å². The molecule has 2 amide bonds. The van der Waals surface area contributed by atoms with Gasteiger partial charge in [0.15, 0.2) is 17.2 Å². The second kappa shape index (κ2) is 11.1. The first-order valence-corrected chi connectivity index (χ1v) is 12.7. The normalized spacial score (nSPS) is 28.3. The molecule has 2 fully saturated rings. The molecular weight excluding hydrogens is 558 g/mol. The molecule has 4 rings (SSSR count). The number of benzene rings is 1. The quantitative estimate of drug-likeness (QED) is 0.511. The van der Waals surface area contributed by atoms with Crippen LogP contribution in [0.3, 0.4) is 0 Å². The standard InChI is InChI=1S/C27H30F6N4O4/c1-13-20(15-6-7-16(28)21(30)22(15)40-5)23(41-26(13,2)27(31,32)33)24(38)35-14-8-9-34-18(10-14)25(39)37-11-17(29)19(12-37)36(3)4/h6-10,13,17,19-20,23H,11-12H2,1-5H3,(H,34,35,38)/t13-,17-,19+,20-,23+,26+/m0/s1. The number of likely N-dealkylation sites (N-methyl/N-ethyl adjacent to an activating group) is 1. The summed E-state index contributed by atoms with van der Waals surface area (Å²) in [6.45, 7) is 1.95. The fraction of sp³-hybridized carbons (Fsp3) is 0.519. The Labute approximate surface area is 232 Å². The molecule has 2 saturated heterocycles. The average Bonchev–Trinajstić information content (AvgIpc) is 3.43. The van der Waals surface area contributed by atoms with Gasteiger partial charge in [-0.3, -0.25) is 14.6 Å². The summed E-state index contributed by atoms with van der Waals surface area (Å²) in [5.41, 5.74) is -3.10. The first-order chi connectivity index (χ1) is 19.1. The molecule has 41 heavy (non-hydrogen) atoms. The van der Waals surface area contributed by atoms with E-state index in [0.29, 0.717) is 0 Å². The molecule has 6 atom stereocenters. The van der Waals surface area contributed by atoms with Crippen LogP contribution in [-0.4, -0.2) is 91.0 Å². The van der Waals surface area contributed by atoms with Gasteiger partial charge in [0.05, 0.1) is 19.7 Å². The molecule has 0 unspecified atom stereocenters. The molecule has 8 nitrogen and oxygen atoms in total. The van der Waals surface area contributed by atoms with Gasteiger partial charge in [-0.2, -0.15) is 17.6 Å². The molecular formula is C27H30F6N4O4. The predicted octanol–water partition coefficient (Wildman–Crippen LogP) is 4.17. The number of nitrogens with zero attached hydrogens (tertiary/aromatic N) is 3. The van der Waals surface area contributed by atoms with Crippen molar-refractivity contribution in [3.63, 3.8) is 0 Å². The number of rotatable bonds is 6. The fourth-order valence-electron chi connectivity index (χ4n) is 5.44. The number of nitrogens with one attached hydrogen (secondary N) is 1. The molecule has 1 N–H and O–H groups in total. The van der Waals surface area contributed by atoms with E-state index in [-0.39, 0.29) is 30.0 Å². The minimum atomic E-state index is -4.92. The molecule has 224 valence electrons. The monoisotopic (exact) mass is 588 g/mol. The van der Waals surface area contributed by atoms with Crippen molar-refractivity contribution in [3.8, 4) is 5.75 Å². The number of alkyl halides is 4. The minimum Gasteiger partial charge on any atom is -0.493 e. The van der Waals surface area contributed by atoms with Crippen molar-refractivity contribution in [3.05, 3.63) is 53.4 Å². The third-order valence-electron chi connectivity index (χ3n) is 7.99. The van der Waals surface area contributed by atoms with E-state index in [4.69, 9.17) is 9.47 Å². The number of carbonyl (C=O) groups excluding carboxylic acids is 2. The summed E-state index contributed by atoms with van der Waals surface area (Å²) < 4.78 is 95.7. The molecule has 0 radical (unpaired) electrons. The van der Waals surface area contributed by atoms with E-state index in [0.717, 1.165) is 26.2 Å². The number of ether oxygens (including phenoxy) is 2. The van der Waals surface area contributed by atoms with Crippen molar-refractivity contribution in [1.29, 1.82) is 0 Å². The summed E-state index contributed by atoms with van der Waals surface area (Å²) in [7, 11) is 4.42. The van der Waals surface area contributed by atoms with E-state index in [1.165, 1.54) is 30.2 Å². The number of carbonyl (C=O) groups is 2. The first kappa shape index (κ1) is 30.6. The van der Waals surface area contributed by atoms with Crippen LogP contribution in [0.15, 0.2) is 30.5 Å². The summed E-state index contributed by atoms with van der Waals surface area (Å²) in [5, 5.41) is 2.45. The average molecular weight is 589 g/mol. The SMILES string of the molecule is COc1c([C@H]2[C@H](C(=O)Nc3ccnc(C(=O)N4C[C@@H](N(C)C)[C@@H](F)C4)c3)O[C@@](C)(C(F)(F)F)[C@H]2C)ccc(F)c1F. The Balaban J connectivity index is 1.64. The molecule has 3 heterocycles. The molecule has 2 aliphatic rings. The highest BCUT2D eigenvalue weighted by atomic mass is 19.4.